The quantitative estimate of drug-likeness (QED) is 0.816. The minimum atomic E-state index is -0.169. The van der Waals surface area contributed by atoms with Crippen LogP contribution in [0.5, 0.6) is 0 Å². The number of benzene rings is 1. The number of hydrogen-bond donors (Lipinski definition) is 2. The summed E-state index contributed by atoms with van der Waals surface area (Å²) in [5.41, 5.74) is 0.809. The van der Waals surface area contributed by atoms with Gasteiger partial charge in [0, 0.05) is 15.9 Å². The molecule has 0 saturated carbocycles. The third-order valence-corrected chi connectivity index (χ3v) is 3.02. The number of rotatable bonds is 2. The Labute approximate surface area is 108 Å². The number of nitrogens with one attached hydrogen (secondary N) is 2. The molecule has 1 aromatic rings. The van der Waals surface area contributed by atoms with Gasteiger partial charge in [-0.05, 0) is 47.2 Å². The normalized spacial score (nSPS) is 19.4. The van der Waals surface area contributed by atoms with E-state index in [1.807, 2.05) is 24.3 Å². The van der Waals surface area contributed by atoms with E-state index in [0.717, 1.165) is 22.3 Å². The number of halogens is 1. The number of amides is 2. The van der Waals surface area contributed by atoms with Crippen molar-refractivity contribution in [1.29, 1.82) is 0 Å². The molecular weight excluding hydrogens is 319 g/mol. The van der Waals surface area contributed by atoms with E-state index in [1.54, 1.807) is 0 Å². The zero-order valence-electron chi connectivity index (χ0n) is 8.70. The highest BCUT2D eigenvalue weighted by Crippen LogP contribution is 2.12. The summed E-state index contributed by atoms with van der Waals surface area (Å²) in [5.74, 6) is 0. The van der Waals surface area contributed by atoms with E-state index in [1.165, 1.54) is 0 Å². The summed E-state index contributed by atoms with van der Waals surface area (Å²) in [4.78, 5) is 11.6. The van der Waals surface area contributed by atoms with Gasteiger partial charge in [0.15, 0.2) is 0 Å². The smallest absolute Gasteiger partial charge is 0.319 e. The van der Waals surface area contributed by atoms with E-state index in [-0.39, 0.29) is 12.1 Å². The summed E-state index contributed by atoms with van der Waals surface area (Å²) in [7, 11) is 0. The summed E-state index contributed by atoms with van der Waals surface area (Å²) in [6, 6.07) is 7.66. The van der Waals surface area contributed by atoms with Crippen molar-refractivity contribution in [3.63, 3.8) is 0 Å². The van der Waals surface area contributed by atoms with Crippen molar-refractivity contribution >= 4 is 34.3 Å². The Bertz CT molecular complexity index is 378. The minimum absolute atomic E-state index is 0.141. The lowest BCUT2D eigenvalue weighted by Crippen LogP contribution is -2.38. The van der Waals surface area contributed by atoms with E-state index >= 15 is 0 Å². The molecule has 2 N–H and O–H groups in total. The van der Waals surface area contributed by atoms with Gasteiger partial charge in [0.25, 0.3) is 0 Å². The van der Waals surface area contributed by atoms with Crippen LogP contribution in [0.1, 0.15) is 6.42 Å². The fraction of sp³-hybridized carbons (Fsp3) is 0.364. The van der Waals surface area contributed by atoms with Gasteiger partial charge in [-0.25, -0.2) is 4.79 Å². The molecule has 0 bridgehead atoms. The van der Waals surface area contributed by atoms with E-state index in [2.05, 4.69) is 33.2 Å². The topological polar surface area (TPSA) is 50.4 Å². The second-order valence-corrected chi connectivity index (χ2v) is 4.91. The average Bonchev–Trinajstić information content (AvgIpc) is 2.70. The number of carbonyl (C=O) groups is 1. The van der Waals surface area contributed by atoms with Crippen molar-refractivity contribution in [2.75, 3.05) is 18.5 Å². The fourth-order valence-electron chi connectivity index (χ4n) is 1.57. The Hall–Kier alpha value is -0.820. The lowest BCUT2D eigenvalue weighted by Gasteiger charge is -2.11. The number of anilines is 1. The molecule has 0 aliphatic carbocycles. The molecule has 1 unspecified atom stereocenters. The van der Waals surface area contributed by atoms with Crippen LogP contribution < -0.4 is 10.6 Å². The van der Waals surface area contributed by atoms with Gasteiger partial charge in [-0.3, -0.25) is 0 Å². The van der Waals surface area contributed by atoms with Crippen LogP contribution in [0, 0.1) is 3.57 Å². The van der Waals surface area contributed by atoms with Gasteiger partial charge in [0.1, 0.15) is 0 Å². The van der Waals surface area contributed by atoms with E-state index < -0.39 is 0 Å². The van der Waals surface area contributed by atoms with Crippen molar-refractivity contribution in [3.05, 3.63) is 27.8 Å². The molecule has 0 radical (unpaired) electrons. The summed E-state index contributed by atoms with van der Waals surface area (Å²) >= 11 is 2.21. The molecule has 1 atom stereocenters. The van der Waals surface area contributed by atoms with Gasteiger partial charge in [0.2, 0.25) is 0 Å². The molecule has 2 amide bonds. The van der Waals surface area contributed by atoms with Crippen LogP contribution in [-0.2, 0) is 4.74 Å². The van der Waals surface area contributed by atoms with Gasteiger partial charge in [-0.1, -0.05) is 6.07 Å². The highest BCUT2D eigenvalue weighted by molar-refractivity contribution is 14.1. The summed E-state index contributed by atoms with van der Waals surface area (Å²) < 4.78 is 6.28. The van der Waals surface area contributed by atoms with Gasteiger partial charge >= 0.3 is 6.03 Å². The second kappa shape index (κ2) is 5.49. The van der Waals surface area contributed by atoms with Crippen LogP contribution in [-0.4, -0.2) is 25.3 Å². The Balaban J connectivity index is 1.86. The largest absolute Gasteiger partial charge is 0.379 e. The first-order valence-corrected chi connectivity index (χ1v) is 6.23. The van der Waals surface area contributed by atoms with Crippen LogP contribution in [0.4, 0.5) is 10.5 Å². The van der Waals surface area contributed by atoms with Crippen LogP contribution in [0.15, 0.2) is 24.3 Å². The molecule has 0 spiro atoms. The monoisotopic (exact) mass is 332 g/mol. The van der Waals surface area contributed by atoms with Gasteiger partial charge in [0.05, 0.1) is 12.6 Å². The first-order valence-electron chi connectivity index (χ1n) is 5.15. The Morgan fingerprint density at radius 3 is 3.06 bits per heavy atom. The second-order valence-electron chi connectivity index (χ2n) is 3.67. The Morgan fingerprint density at radius 2 is 2.38 bits per heavy atom. The highest BCUT2D eigenvalue weighted by Gasteiger charge is 2.17. The predicted molar refractivity (Wildman–Crippen MR) is 70.5 cm³/mol. The first kappa shape index (κ1) is 11.7. The van der Waals surface area contributed by atoms with Crippen molar-refractivity contribution in [1.82, 2.24) is 5.32 Å². The summed E-state index contributed by atoms with van der Waals surface area (Å²) in [5, 5.41) is 5.67. The SMILES string of the molecule is O=C(Nc1cccc(I)c1)NC1CCOC1. The van der Waals surface area contributed by atoms with Crippen LogP contribution in [0.25, 0.3) is 0 Å². The van der Waals surface area contributed by atoms with Gasteiger partial charge in [-0.15, -0.1) is 0 Å². The minimum Gasteiger partial charge on any atom is -0.379 e. The number of carbonyl (C=O) groups excluding carboxylic acids is 1. The molecule has 1 heterocycles. The van der Waals surface area contributed by atoms with Gasteiger partial charge < -0.3 is 15.4 Å². The lowest BCUT2D eigenvalue weighted by molar-refractivity contribution is 0.189. The summed E-state index contributed by atoms with van der Waals surface area (Å²) in [6.45, 7) is 1.34. The van der Waals surface area contributed by atoms with Crippen molar-refractivity contribution in [3.8, 4) is 0 Å². The number of hydrogen-bond acceptors (Lipinski definition) is 2. The molecular formula is C11H13IN2O2. The van der Waals surface area contributed by atoms with Crippen molar-refractivity contribution < 1.29 is 9.53 Å². The zero-order valence-corrected chi connectivity index (χ0v) is 10.9. The summed E-state index contributed by atoms with van der Waals surface area (Å²) in [6.07, 6.45) is 0.889. The number of ether oxygens (including phenoxy) is 1. The third-order valence-electron chi connectivity index (χ3n) is 2.35. The zero-order chi connectivity index (χ0) is 11.4. The van der Waals surface area contributed by atoms with E-state index in [0.29, 0.717) is 6.61 Å². The molecule has 86 valence electrons. The molecule has 16 heavy (non-hydrogen) atoms. The highest BCUT2D eigenvalue weighted by atomic mass is 127. The molecule has 1 aliphatic rings. The average molecular weight is 332 g/mol. The fourth-order valence-corrected chi connectivity index (χ4v) is 2.11. The Morgan fingerprint density at radius 1 is 1.50 bits per heavy atom. The molecule has 1 saturated heterocycles. The van der Waals surface area contributed by atoms with E-state index in [4.69, 9.17) is 4.74 Å². The Kier molecular flexibility index (Phi) is 4.00. The third kappa shape index (κ3) is 3.34. The lowest BCUT2D eigenvalue weighted by atomic mass is 10.3. The molecule has 0 aromatic heterocycles. The van der Waals surface area contributed by atoms with E-state index in [9.17, 15) is 4.79 Å². The maximum atomic E-state index is 11.6. The van der Waals surface area contributed by atoms with Crippen molar-refractivity contribution in [2.45, 2.75) is 12.5 Å². The maximum absolute atomic E-state index is 11.6. The predicted octanol–water partition coefficient (Wildman–Crippen LogP) is 2.20. The maximum Gasteiger partial charge on any atom is 0.319 e. The van der Waals surface area contributed by atoms with Crippen molar-refractivity contribution in [2.24, 2.45) is 0 Å². The molecule has 4 nitrogen and oxygen atoms in total. The first-order chi connectivity index (χ1) is 7.74. The van der Waals surface area contributed by atoms with Crippen LogP contribution >= 0.6 is 22.6 Å². The van der Waals surface area contributed by atoms with Crippen LogP contribution in [0.2, 0.25) is 0 Å². The molecule has 2 rings (SSSR count). The standard InChI is InChI=1S/C11H13IN2O2/c12-8-2-1-3-9(6-8)13-11(15)14-10-4-5-16-7-10/h1-3,6,10H,4-5,7H2,(H2,13,14,15). The van der Waals surface area contributed by atoms with Crippen LogP contribution in [0.3, 0.4) is 0 Å². The molecule has 1 aliphatic heterocycles. The van der Waals surface area contributed by atoms with Gasteiger partial charge in [-0.2, -0.15) is 0 Å². The molecule has 5 heteroatoms. The molecule has 1 aromatic carbocycles. The number of urea groups is 1. The molecule has 1 fully saturated rings.